The minimum Gasteiger partial charge on any atom is -0.480 e. The zero-order valence-electron chi connectivity index (χ0n) is 12.1. The molecule has 0 radical (unpaired) electrons. The summed E-state index contributed by atoms with van der Waals surface area (Å²) < 4.78 is 0. The number of benzene rings is 1. The number of carbonyl (C=O) groups excluding carboxylic acids is 1. The Morgan fingerprint density at radius 3 is 2.62 bits per heavy atom. The lowest BCUT2D eigenvalue weighted by Gasteiger charge is -2.34. The fraction of sp³-hybridized carbons (Fsp3) is 0.500. The quantitative estimate of drug-likeness (QED) is 0.892. The summed E-state index contributed by atoms with van der Waals surface area (Å²) in [6.45, 7) is 3.16. The molecule has 1 heterocycles. The van der Waals surface area contributed by atoms with Crippen LogP contribution in [0.2, 0.25) is 0 Å². The molecule has 1 aromatic carbocycles. The number of fused-ring (bicyclic) bond motifs is 1. The normalized spacial score (nSPS) is 26.9. The van der Waals surface area contributed by atoms with Crippen LogP contribution in [0.3, 0.4) is 0 Å². The van der Waals surface area contributed by atoms with Crippen LogP contribution in [0.1, 0.15) is 24.5 Å². The van der Waals surface area contributed by atoms with E-state index in [-0.39, 0.29) is 6.03 Å². The van der Waals surface area contributed by atoms with Crippen molar-refractivity contribution in [2.75, 3.05) is 6.54 Å². The van der Waals surface area contributed by atoms with Crippen molar-refractivity contribution in [3.05, 3.63) is 35.4 Å². The lowest BCUT2D eigenvalue weighted by atomic mass is 9.94. The van der Waals surface area contributed by atoms with Gasteiger partial charge in [-0.05, 0) is 29.4 Å². The summed E-state index contributed by atoms with van der Waals surface area (Å²) in [5.41, 5.74) is 2.05. The fourth-order valence-corrected chi connectivity index (χ4v) is 2.96. The highest BCUT2D eigenvalue weighted by atomic mass is 16.4. The van der Waals surface area contributed by atoms with Gasteiger partial charge in [0.1, 0.15) is 6.04 Å². The van der Waals surface area contributed by atoms with E-state index >= 15 is 0 Å². The van der Waals surface area contributed by atoms with Gasteiger partial charge in [-0.25, -0.2) is 9.59 Å². The smallest absolute Gasteiger partial charge is 0.326 e. The first-order valence-corrected chi connectivity index (χ1v) is 7.40. The zero-order valence-corrected chi connectivity index (χ0v) is 12.1. The van der Waals surface area contributed by atoms with Crippen molar-refractivity contribution < 1.29 is 14.7 Å². The van der Waals surface area contributed by atoms with E-state index in [1.54, 1.807) is 0 Å². The maximum absolute atomic E-state index is 12.3. The molecule has 2 N–H and O–H groups in total. The SMILES string of the molecule is CC1CC1CNC(=O)N1Cc2ccccc2C[C@@H]1C(=O)O. The van der Waals surface area contributed by atoms with Crippen LogP contribution in [0.4, 0.5) is 4.79 Å². The summed E-state index contributed by atoms with van der Waals surface area (Å²) in [7, 11) is 0. The van der Waals surface area contributed by atoms with Crippen LogP contribution in [0.15, 0.2) is 24.3 Å². The van der Waals surface area contributed by atoms with Crippen molar-refractivity contribution in [2.24, 2.45) is 11.8 Å². The Hall–Kier alpha value is -2.04. The van der Waals surface area contributed by atoms with E-state index in [0.29, 0.717) is 31.3 Å². The Morgan fingerprint density at radius 1 is 1.33 bits per heavy atom. The highest BCUT2D eigenvalue weighted by molar-refractivity contribution is 5.83. The maximum Gasteiger partial charge on any atom is 0.326 e. The topological polar surface area (TPSA) is 69.6 Å². The van der Waals surface area contributed by atoms with Gasteiger partial charge in [0.05, 0.1) is 0 Å². The van der Waals surface area contributed by atoms with Gasteiger partial charge in [-0.3, -0.25) is 0 Å². The molecule has 1 saturated carbocycles. The molecule has 3 rings (SSSR count). The average molecular weight is 288 g/mol. The molecule has 0 aromatic heterocycles. The van der Waals surface area contributed by atoms with E-state index in [4.69, 9.17) is 0 Å². The molecular formula is C16H20N2O3. The number of carbonyl (C=O) groups is 2. The highest BCUT2D eigenvalue weighted by Crippen LogP contribution is 2.36. The third kappa shape index (κ3) is 2.86. The zero-order chi connectivity index (χ0) is 15.0. The van der Waals surface area contributed by atoms with E-state index in [9.17, 15) is 14.7 Å². The van der Waals surface area contributed by atoms with Crippen LogP contribution in [0, 0.1) is 11.8 Å². The summed E-state index contributed by atoms with van der Waals surface area (Å²) in [5, 5.41) is 12.3. The third-order valence-electron chi connectivity index (χ3n) is 4.59. The standard InChI is InChI=1S/C16H20N2O3/c1-10-6-13(10)8-17-16(21)18-9-12-5-3-2-4-11(12)7-14(18)15(19)20/h2-5,10,13-14H,6-9H2,1H3,(H,17,21)(H,19,20)/t10?,13?,14-/m1/s1. The summed E-state index contributed by atoms with van der Waals surface area (Å²) in [4.78, 5) is 25.2. The lowest BCUT2D eigenvalue weighted by molar-refractivity contribution is -0.142. The van der Waals surface area contributed by atoms with Gasteiger partial charge >= 0.3 is 12.0 Å². The van der Waals surface area contributed by atoms with Crippen LogP contribution in [0.5, 0.6) is 0 Å². The number of nitrogens with zero attached hydrogens (tertiary/aromatic N) is 1. The first-order chi connectivity index (χ1) is 10.1. The molecule has 5 nitrogen and oxygen atoms in total. The van der Waals surface area contributed by atoms with Crippen molar-refractivity contribution in [3.8, 4) is 0 Å². The molecule has 5 heteroatoms. The van der Waals surface area contributed by atoms with Crippen molar-refractivity contribution in [1.82, 2.24) is 10.2 Å². The molecule has 0 saturated heterocycles. The van der Waals surface area contributed by atoms with E-state index in [1.165, 1.54) is 4.90 Å². The van der Waals surface area contributed by atoms with Crippen LogP contribution >= 0.6 is 0 Å². The second kappa shape index (κ2) is 5.39. The average Bonchev–Trinajstić information content (AvgIpc) is 3.19. The number of hydrogen-bond acceptors (Lipinski definition) is 2. The monoisotopic (exact) mass is 288 g/mol. The Morgan fingerprint density at radius 2 is 2.00 bits per heavy atom. The van der Waals surface area contributed by atoms with Crippen molar-refractivity contribution in [1.29, 1.82) is 0 Å². The van der Waals surface area contributed by atoms with Crippen LogP contribution in [0.25, 0.3) is 0 Å². The second-order valence-electron chi connectivity index (χ2n) is 6.11. The molecule has 2 amide bonds. The van der Waals surface area contributed by atoms with Crippen molar-refractivity contribution in [3.63, 3.8) is 0 Å². The predicted octanol–water partition coefficient (Wildman–Crippen LogP) is 1.86. The summed E-state index contributed by atoms with van der Waals surface area (Å²) in [5.74, 6) is 0.274. The largest absolute Gasteiger partial charge is 0.480 e. The maximum atomic E-state index is 12.3. The van der Waals surface area contributed by atoms with Gasteiger partial charge in [0.2, 0.25) is 0 Å². The van der Waals surface area contributed by atoms with Gasteiger partial charge in [-0.15, -0.1) is 0 Å². The van der Waals surface area contributed by atoms with Crippen LogP contribution in [-0.2, 0) is 17.8 Å². The second-order valence-corrected chi connectivity index (χ2v) is 6.11. The van der Waals surface area contributed by atoms with Crippen LogP contribution < -0.4 is 5.32 Å². The third-order valence-corrected chi connectivity index (χ3v) is 4.59. The molecule has 1 fully saturated rings. The number of hydrogen-bond donors (Lipinski definition) is 2. The number of amides is 2. The number of carboxylic acid groups (broad SMARTS) is 1. The number of aliphatic carboxylic acids is 1. The van der Waals surface area contributed by atoms with Gasteiger partial charge in [0, 0.05) is 19.5 Å². The molecule has 2 aliphatic rings. The van der Waals surface area contributed by atoms with E-state index in [0.717, 1.165) is 17.5 Å². The van der Waals surface area contributed by atoms with E-state index < -0.39 is 12.0 Å². The number of rotatable bonds is 3. The van der Waals surface area contributed by atoms with Gasteiger partial charge in [0.15, 0.2) is 0 Å². The first-order valence-electron chi connectivity index (χ1n) is 7.40. The van der Waals surface area contributed by atoms with E-state index in [1.807, 2.05) is 24.3 Å². The Kier molecular flexibility index (Phi) is 3.57. The fourth-order valence-electron chi connectivity index (χ4n) is 2.96. The highest BCUT2D eigenvalue weighted by Gasteiger charge is 2.36. The predicted molar refractivity (Wildman–Crippen MR) is 77.8 cm³/mol. The van der Waals surface area contributed by atoms with Crippen molar-refractivity contribution >= 4 is 12.0 Å². The minimum atomic E-state index is -0.945. The van der Waals surface area contributed by atoms with Crippen LogP contribution in [-0.4, -0.2) is 34.6 Å². The Bertz CT molecular complexity index is 572. The summed E-state index contributed by atoms with van der Waals surface area (Å²) in [6.07, 6.45) is 1.52. The minimum absolute atomic E-state index is 0.268. The molecule has 0 spiro atoms. The summed E-state index contributed by atoms with van der Waals surface area (Å²) >= 11 is 0. The van der Waals surface area contributed by atoms with Gasteiger partial charge in [0.25, 0.3) is 0 Å². The number of urea groups is 1. The molecular weight excluding hydrogens is 268 g/mol. The summed E-state index contributed by atoms with van der Waals surface area (Å²) in [6, 6.07) is 6.67. The first kappa shape index (κ1) is 13.9. The van der Waals surface area contributed by atoms with Crippen molar-refractivity contribution in [2.45, 2.75) is 32.4 Å². The molecule has 112 valence electrons. The molecule has 21 heavy (non-hydrogen) atoms. The Labute approximate surface area is 123 Å². The lowest BCUT2D eigenvalue weighted by Crippen LogP contribution is -2.52. The molecule has 3 atom stereocenters. The molecule has 0 bridgehead atoms. The van der Waals surface area contributed by atoms with Gasteiger partial charge in [-0.1, -0.05) is 31.2 Å². The molecule has 1 aliphatic heterocycles. The molecule has 1 aliphatic carbocycles. The van der Waals surface area contributed by atoms with E-state index in [2.05, 4.69) is 12.2 Å². The number of carboxylic acids is 1. The number of nitrogens with one attached hydrogen (secondary N) is 1. The molecule has 1 aromatic rings. The van der Waals surface area contributed by atoms with Gasteiger partial charge in [-0.2, -0.15) is 0 Å². The Balaban J connectivity index is 1.72. The van der Waals surface area contributed by atoms with Gasteiger partial charge < -0.3 is 15.3 Å². The molecule has 2 unspecified atom stereocenters.